The fraction of sp³-hybridized carbons (Fsp3) is 0.308. The number of carbonyl (C=O) groups excluding carboxylic acids is 1. The summed E-state index contributed by atoms with van der Waals surface area (Å²) in [5.41, 5.74) is 2.78. The predicted octanol–water partition coefficient (Wildman–Crippen LogP) is 3.52. The molecule has 0 radical (unpaired) electrons. The lowest BCUT2D eigenvalue weighted by atomic mass is 10.1. The molecule has 0 saturated heterocycles. The van der Waals surface area contributed by atoms with Crippen LogP contribution in [0.2, 0.25) is 0 Å². The molecular weight excluding hydrogens is 278 g/mol. The summed E-state index contributed by atoms with van der Waals surface area (Å²) in [7, 11) is 0. The van der Waals surface area contributed by atoms with Gasteiger partial charge >= 0.3 is 0 Å². The van der Waals surface area contributed by atoms with E-state index in [-0.39, 0.29) is 5.91 Å². The number of thioether (sulfide) groups is 1. The van der Waals surface area contributed by atoms with E-state index in [1.54, 1.807) is 11.8 Å². The standard InChI is InChI=1S/C13H15N3OS2/c1-4-18-13-16-15-12(19-13)14-11(17)10-6-5-8(2)7-9(10)3/h5-7H,4H2,1-3H3,(H,14,15,17). The van der Waals surface area contributed by atoms with Crippen molar-refractivity contribution in [2.45, 2.75) is 25.1 Å². The van der Waals surface area contributed by atoms with Gasteiger partial charge in [-0.2, -0.15) is 0 Å². The molecule has 1 amide bonds. The van der Waals surface area contributed by atoms with Gasteiger partial charge in [-0.1, -0.05) is 47.7 Å². The van der Waals surface area contributed by atoms with Gasteiger partial charge in [-0.05, 0) is 31.2 Å². The maximum Gasteiger partial charge on any atom is 0.257 e. The Morgan fingerprint density at radius 2 is 2.16 bits per heavy atom. The minimum absolute atomic E-state index is 0.137. The first-order chi connectivity index (χ1) is 9.10. The van der Waals surface area contributed by atoms with E-state index in [0.29, 0.717) is 10.7 Å². The average molecular weight is 293 g/mol. The second-order valence-corrected chi connectivity index (χ2v) is 6.57. The number of aryl methyl sites for hydroxylation is 2. The molecule has 0 spiro atoms. The molecule has 2 aromatic rings. The average Bonchev–Trinajstić information content (AvgIpc) is 2.76. The molecule has 100 valence electrons. The maximum absolute atomic E-state index is 12.1. The molecule has 0 aliphatic rings. The third-order valence-electron chi connectivity index (χ3n) is 2.52. The molecular formula is C13H15N3OS2. The van der Waals surface area contributed by atoms with Gasteiger partial charge < -0.3 is 0 Å². The SMILES string of the molecule is CCSc1nnc(NC(=O)c2ccc(C)cc2C)s1. The Bertz CT molecular complexity index is 595. The number of hydrogen-bond donors (Lipinski definition) is 1. The monoisotopic (exact) mass is 293 g/mol. The first kappa shape index (κ1) is 14.0. The number of aromatic nitrogens is 2. The van der Waals surface area contributed by atoms with E-state index < -0.39 is 0 Å². The molecule has 0 bridgehead atoms. The Labute approximate surface area is 120 Å². The minimum atomic E-state index is -0.137. The van der Waals surface area contributed by atoms with Crippen LogP contribution in [0.4, 0.5) is 5.13 Å². The van der Waals surface area contributed by atoms with Crippen LogP contribution in [0.25, 0.3) is 0 Å². The third kappa shape index (κ3) is 3.54. The maximum atomic E-state index is 12.1. The zero-order valence-electron chi connectivity index (χ0n) is 11.1. The van der Waals surface area contributed by atoms with Gasteiger partial charge in [0.2, 0.25) is 5.13 Å². The number of carbonyl (C=O) groups is 1. The molecule has 1 N–H and O–H groups in total. The van der Waals surface area contributed by atoms with Crippen molar-refractivity contribution in [1.29, 1.82) is 0 Å². The Kier molecular flexibility index (Phi) is 4.55. The minimum Gasteiger partial charge on any atom is -0.296 e. The molecule has 2 rings (SSSR count). The van der Waals surface area contributed by atoms with Gasteiger partial charge in [0.15, 0.2) is 4.34 Å². The van der Waals surface area contributed by atoms with Crippen LogP contribution >= 0.6 is 23.1 Å². The van der Waals surface area contributed by atoms with Gasteiger partial charge in [-0.25, -0.2) is 0 Å². The Hall–Kier alpha value is -1.40. The fourth-order valence-electron chi connectivity index (χ4n) is 1.67. The molecule has 0 aliphatic carbocycles. The topological polar surface area (TPSA) is 54.9 Å². The second-order valence-electron chi connectivity index (χ2n) is 4.08. The number of benzene rings is 1. The first-order valence-electron chi connectivity index (χ1n) is 5.95. The van der Waals surface area contributed by atoms with Gasteiger partial charge in [0.05, 0.1) is 0 Å². The second kappa shape index (κ2) is 6.16. The summed E-state index contributed by atoms with van der Waals surface area (Å²) >= 11 is 3.02. The highest BCUT2D eigenvalue weighted by Gasteiger charge is 2.12. The summed E-state index contributed by atoms with van der Waals surface area (Å²) in [6.07, 6.45) is 0. The summed E-state index contributed by atoms with van der Waals surface area (Å²) in [6.45, 7) is 5.99. The fourth-order valence-corrected chi connectivity index (χ4v) is 3.32. The summed E-state index contributed by atoms with van der Waals surface area (Å²) < 4.78 is 0.874. The number of nitrogens with zero attached hydrogens (tertiary/aromatic N) is 2. The molecule has 1 aromatic carbocycles. The Balaban J connectivity index is 2.11. The van der Waals surface area contributed by atoms with E-state index in [0.717, 1.165) is 21.2 Å². The van der Waals surface area contributed by atoms with Gasteiger partial charge in [0.25, 0.3) is 5.91 Å². The molecule has 6 heteroatoms. The first-order valence-corrected chi connectivity index (χ1v) is 7.75. The van der Waals surface area contributed by atoms with Gasteiger partial charge in [-0.3, -0.25) is 10.1 Å². The molecule has 1 heterocycles. The highest BCUT2D eigenvalue weighted by Crippen LogP contribution is 2.25. The Morgan fingerprint density at radius 1 is 1.37 bits per heavy atom. The lowest BCUT2D eigenvalue weighted by Crippen LogP contribution is -2.13. The van der Waals surface area contributed by atoms with Crippen molar-refractivity contribution in [2.75, 3.05) is 11.1 Å². The molecule has 4 nitrogen and oxygen atoms in total. The van der Waals surface area contributed by atoms with Crippen LogP contribution in [-0.2, 0) is 0 Å². The smallest absolute Gasteiger partial charge is 0.257 e. The zero-order valence-corrected chi connectivity index (χ0v) is 12.7. The van der Waals surface area contributed by atoms with Crippen LogP contribution in [0.15, 0.2) is 22.5 Å². The van der Waals surface area contributed by atoms with E-state index in [2.05, 4.69) is 22.4 Å². The van der Waals surface area contributed by atoms with Gasteiger partial charge in [0, 0.05) is 5.56 Å². The largest absolute Gasteiger partial charge is 0.296 e. The van der Waals surface area contributed by atoms with Crippen molar-refractivity contribution in [1.82, 2.24) is 10.2 Å². The van der Waals surface area contributed by atoms with Crippen LogP contribution in [0.1, 0.15) is 28.4 Å². The number of nitrogens with one attached hydrogen (secondary N) is 1. The van der Waals surface area contributed by atoms with Crippen LogP contribution in [0.5, 0.6) is 0 Å². The predicted molar refractivity (Wildman–Crippen MR) is 80.2 cm³/mol. The molecule has 0 saturated carbocycles. The molecule has 0 fully saturated rings. The van der Waals surface area contributed by atoms with Crippen molar-refractivity contribution in [3.63, 3.8) is 0 Å². The van der Waals surface area contributed by atoms with E-state index >= 15 is 0 Å². The van der Waals surface area contributed by atoms with Crippen molar-refractivity contribution in [3.05, 3.63) is 34.9 Å². The van der Waals surface area contributed by atoms with E-state index in [1.807, 2.05) is 32.0 Å². The van der Waals surface area contributed by atoms with Crippen LogP contribution in [-0.4, -0.2) is 21.9 Å². The van der Waals surface area contributed by atoms with Crippen LogP contribution in [0, 0.1) is 13.8 Å². The molecule has 1 aromatic heterocycles. The van der Waals surface area contributed by atoms with E-state index in [1.165, 1.54) is 11.3 Å². The van der Waals surface area contributed by atoms with Gasteiger partial charge in [0.1, 0.15) is 0 Å². The Morgan fingerprint density at radius 3 is 2.84 bits per heavy atom. The molecule has 0 atom stereocenters. The molecule has 0 unspecified atom stereocenters. The lowest BCUT2D eigenvalue weighted by Gasteiger charge is -2.05. The number of amides is 1. The lowest BCUT2D eigenvalue weighted by molar-refractivity contribution is 0.102. The van der Waals surface area contributed by atoms with Crippen LogP contribution < -0.4 is 5.32 Å². The van der Waals surface area contributed by atoms with Crippen molar-refractivity contribution >= 4 is 34.1 Å². The van der Waals surface area contributed by atoms with Crippen molar-refractivity contribution in [3.8, 4) is 0 Å². The van der Waals surface area contributed by atoms with E-state index in [4.69, 9.17) is 0 Å². The highest BCUT2D eigenvalue weighted by atomic mass is 32.2. The normalized spacial score (nSPS) is 10.5. The quantitative estimate of drug-likeness (QED) is 0.692. The number of anilines is 1. The highest BCUT2D eigenvalue weighted by molar-refractivity contribution is 8.01. The molecule has 0 aliphatic heterocycles. The zero-order chi connectivity index (χ0) is 13.8. The summed E-state index contributed by atoms with van der Waals surface area (Å²) in [4.78, 5) is 12.1. The summed E-state index contributed by atoms with van der Waals surface area (Å²) in [5, 5.41) is 11.3. The van der Waals surface area contributed by atoms with Gasteiger partial charge in [-0.15, -0.1) is 10.2 Å². The third-order valence-corrected chi connectivity index (χ3v) is 4.38. The molecule has 19 heavy (non-hydrogen) atoms. The van der Waals surface area contributed by atoms with Crippen LogP contribution in [0.3, 0.4) is 0 Å². The van der Waals surface area contributed by atoms with E-state index in [9.17, 15) is 4.79 Å². The summed E-state index contributed by atoms with van der Waals surface area (Å²) in [6, 6.07) is 5.76. The summed E-state index contributed by atoms with van der Waals surface area (Å²) in [5.74, 6) is 0.807. The van der Waals surface area contributed by atoms with Crippen molar-refractivity contribution < 1.29 is 4.79 Å². The number of rotatable bonds is 4. The number of hydrogen-bond acceptors (Lipinski definition) is 5. The van der Waals surface area contributed by atoms with Crippen molar-refractivity contribution in [2.24, 2.45) is 0 Å².